The van der Waals surface area contributed by atoms with Crippen molar-refractivity contribution >= 4 is 0 Å². The Hall–Kier alpha value is -0.0800. The molecule has 2 aliphatic rings. The van der Waals surface area contributed by atoms with Gasteiger partial charge in [-0.05, 0) is 25.8 Å². The van der Waals surface area contributed by atoms with Gasteiger partial charge in [-0.15, -0.1) is 0 Å². The van der Waals surface area contributed by atoms with E-state index in [1.807, 2.05) is 0 Å². The number of hydrogen-bond acceptors (Lipinski definition) is 2. The molecule has 0 amide bonds. The normalized spacial score (nSPS) is 41.7. The Morgan fingerprint density at radius 1 is 1.40 bits per heavy atom. The molecule has 2 atom stereocenters. The van der Waals surface area contributed by atoms with Crippen LogP contribution in [-0.4, -0.2) is 31.3 Å². The zero-order chi connectivity index (χ0) is 6.97. The lowest BCUT2D eigenvalue weighted by Crippen LogP contribution is -2.42. The predicted molar refractivity (Wildman–Crippen MR) is 39.7 cm³/mol. The highest BCUT2D eigenvalue weighted by Crippen LogP contribution is 2.31. The monoisotopic (exact) mass is 141 g/mol. The van der Waals surface area contributed by atoms with E-state index in [0.29, 0.717) is 0 Å². The van der Waals surface area contributed by atoms with Gasteiger partial charge in [0.2, 0.25) is 0 Å². The van der Waals surface area contributed by atoms with Crippen molar-refractivity contribution in [2.45, 2.75) is 25.3 Å². The molecule has 0 spiro atoms. The second kappa shape index (κ2) is 2.51. The van der Waals surface area contributed by atoms with Crippen molar-refractivity contribution < 1.29 is 4.74 Å². The molecule has 1 aliphatic heterocycles. The smallest absolute Gasteiger partial charge is 0.0990 e. The Kier molecular flexibility index (Phi) is 1.66. The van der Waals surface area contributed by atoms with Gasteiger partial charge in [-0.2, -0.15) is 0 Å². The zero-order valence-electron chi connectivity index (χ0n) is 6.55. The Morgan fingerprint density at radius 2 is 2.30 bits per heavy atom. The fraction of sp³-hybridized carbons (Fsp3) is 1.00. The summed E-state index contributed by atoms with van der Waals surface area (Å²) in [6, 6.07) is 0.841. The summed E-state index contributed by atoms with van der Waals surface area (Å²) in [6.45, 7) is 1.86. The van der Waals surface area contributed by atoms with Crippen LogP contribution in [0, 0.1) is 5.92 Å². The molecule has 58 valence electrons. The van der Waals surface area contributed by atoms with E-state index in [2.05, 4.69) is 11.9 Å². The highest BCUT2D eigenvalue weighted by atomic mass is 16.5. The quantitative estimate of drug-likeness (QED) is 0.500. The molecule has 2 nitrogen and oxygen atoms in total. The van der Waals surface area contributed by atoms with E-state index in [-0.39, 0.29) is 0 Å². The van der Waals surface area contributed by atoms with Gasteiger partial charge in [-0.3, -0.25) is 4.90 Å². The van der Waals surface area contributed by atoms with E-state index < -0.39 is 0 Å². The molecule has 2 fully saturated rings. The van der Waals surface area contributed by atoms with Gasteiger partial charge in [0.1, 0.15) is 0 Å². The lowest BCUT2D eigenvalue weighted by molar-refractivity contribution is -0.0592. The molecule has 0 radical (unpaired) electrons. The third-order valence-corrected chi connectivity index (χ3v) is 2.81. The van der Waals surface area contributed by atoms with Crippen LogP contribution < -0.4 is 0 Å². The van der Waals surface area contributed by atoms with Crippen molar-refractivity contribution in [1.82, 2.24) is 4.90 Å². The summed E-state index contributed by atoms with van der Waals surface area (Å²) in [7, 11) is 2.17. The molecule has 0 aromatic rings. The lowest BCUT2D eigenvalue weighted by Gasteiger charge is -2.34. The summed E-state index contributed by atoms with van der Waals surface area (Å²) >= 11 is 0. The summed E-state index contributed by atoms with van der Waals surface area (Å²) < 4.78 is 5.42. The molecular formula is C8H15NO. The predicted octanol–water partition coefficient (Wildman–Crippen LogP) is 1.07. The standard InChI is InChI=1S/C8H15NO/c1-9-6-10-5-7-3-2-4-8(7)9/h7-8H,2-6H2,1H3/t7-,8-/m0/s1. The van der Waals surface area contributed by atoms with Crippen molar-refractivity contribution in [3.05, 3.63) is 0 Å². The maximum atomic E-state index is 5.42. The van der Waals surface area contributed by atoms with Crippen molar-refractivity contribution in [2.75, 3.05) is 20.4 Å². The molecule has 1 heterocycles. The molecule has 2 heteroatoms. The van der Waals surface area contributed by atoms with Crippen molar-refractivity contribution in [2.24, 2.45) is 5.92 Å². The van der Waals surface area contributed by atoms with E-state index in [1.54, 1.807) is 0 Å². The van der Waals surface area contributed by atoms with Gasteiger partial charge in [0.15, 0.2) is 0 Å². The molecular weight excluding hydrogens is 126 g/mol. The van der Waals surface area contributed by atoms with Crippen molar-refractivity contribution in [1.29, 1.82) is 0 Å². The zero-order valence-corrected chi connectivity index (χ0v) is 6.55. The second-order valence-corrected chi connectivity index (χ2v) is 3.52. The molecule has 0 unspecified atom stereocenters. The van der Waals surface area contributed by atoms with Crippen molar-refractivity contribution in [3.63, 3.8) is 0 Å². The number of ether oxygens (including phenoxy) is 1. The largest absolute Gasteiger partial charge is 0.366 e. The third kappa shape index (κ3) is 0.956. The summed E-state index contributed by atoms with van der Waals surface area (Å²) in [6.07, 6.45) is 4.18. The van der Waals surface area contributed by atoms with E-state index >= 15 is 0 Å². The highest BCUT2D eigenvalue weighted by molar-refractivity contribution is 4.85. The fourth-order valence-corrected chi connectivity index (χ4v) is 2.24. The minimum atomic E-state index is 0.841. The lowest BCUT2D eigenvalue weighted by atomic mass is 10.0. The minimum Gasteiger partial charge on any atom is -0.366 e. The van der Waals surface area contributed by atoms with Crippen LogP contribution in [0.5, 0.6) is 0 Å². The number of nitrogens with zero attached hydrogens (tertiary/aromatic N) is 1. The Labute approximate surface area is 62.2 Å². The van der Waals surface area contributed by atoms with Crippen LogP contribution in [0.4, 0.5) is 0 Å². The molecule has 1 aliphatic carbocycles. The maximum Gasteiger partial charge on any atom is 0.0990 e. The van der Waals surface area contributed by atoms with Crippen LogP contribution in [0.3, 0.4) is 0 Å². The number of rotatable bonds is 0. The number of fused-ring (bicyclic) bond motifs is 1. The Morgan fingerprint density at radius 3 is 3.10 bits per heavy atom. The third-order valence-electron chi connectivity index (χ3n) is 2.81. The first kappa shape index (κ1) is 6.62. The summed E-state index contributed by atoms with van der Waals surface area (Å²) in [5, 5.41) is 0. The van der Waals surface area contributed by atoms with Gasteiger partial charge < -0.3 is 4.74 Å². The van der Waals surface area contributed by atoms with Crippen LogP contribution in [0.25, 0.3) is 0 Å². The molecule has 0 aromatic heterocycles. The first-order chi connectivity index (χ1) is 4.88. The van der Waals surface area contributed by atoms with Gasteiger partial charge in [0, 0.05) is 6.04 Å². The van der Waals surface area contributed by atoms with Gasteiger partial charge in [-0.25, -0.2) is 0 Å². The van der Waals surface area contributed by atoms with Gasteiger partial charge >= 0.3 is 0 Å². The first-order valence-corrected chi connectivity index (χ1v) is 4.16. The average molecular weight is 141 g/mol. The van der Waals surface area contributed by atoms with Crippen LogP contribution in [0.15, 0.2) is 0 Å². The molecule has 1 saturated heterocycles. The van der Waals surface area contributed by atoms with Crippen LogP contribution in [0.2, 0.25) is 0 Å². The Bertz CT molecular complexity index is 126. The molecule has 0 aromatic carbocycles. The van der Waals surface area contributed by atoms with E-state index in [4.69, 9.17) is 4.74 Å². The van der Waals surface area contributed by atoms with Gasteiger partial charge in [0.25, 0.3) is 0 Å². The number of hydrogen-bond donors (Lipinski definition) is 0. The summed E-state index contributed by atoms with van der Waals surface area (Å²) in [4.78, 5) is 2.35. The highest BCUT2D eigenvalue weighted by Gasteiger charge is 2.33. The SMILES string of the molecule is CN1COC[C@@H]2CCC[C@@H]21. The average Bonchev–Trinajstić information content (AvgIpc) is 2.36. The minimum absolute atomic E-state index is 0.841. The maximum absolute atomic E-state index is 5.42. The first-order valence-electron chi connectivity index (χ1n) is 4.16. The van der Waals surface area contributed by atoms with E-state index in [9.17, 15) is 0 Å². The molecule has 0 bridgehead atoms. The van der Waals surface area contributed by atoms with E-state index in [1.165, 1.54) is 19.3 Å². The molecule has 0 N–H and O–H groups in total. The molecule has 10 heavy (non-hydrogen) atoms. The van der Waals surface area contributed by atoms with E-state index in [0.717, 1.165) is 25.3 Å². The molecule has 2 rings (SSSR count). The topological polar surface area (TPSA) is 12.5 Å². The van der Waals surface area contributed by atoms with Gasteiger partial charge in [0.05, 0.1) is 13.3 Å². The summed E-state index contributed by atoms with van der Waals surface area (Å²) in [5.74, 6) is 0.846. The fourth-order valence-electron chi connectivity index (χ4n) is 2.24. The molecule has 1 saturated carbocycles. The second-order valence-electron chi connectivity index (χ2n) is 3.52. The van der Waals surface area contributed by atoms with Crippen LogP contribution >= 0.6 is 0 Å². The van der Waals surface area contributed by atoms with Crippen LogP contribution in [0.1, 0.15) is 19.3 Å². The van der Waals surface area contributed by atoms with Gasteiger partial charge in [-0.1, -0.05) is 6.42 Å². The van der Waals surface area contributed by atoms with Crippen LogP contribution in [-0.2, 0) is 4.74 Å². The summed E-state index contributed by atoms with van der Waals surface area (Å²) in [5.41, 5.74) is 0. The Balaban J connectivity index is 2.03. The van der Waals surface area contributed by atoms with Crippen molar-refractivity contribution in [3.8, 4) is 0 Å².